The van der Waals surface area contributed by atoms with Gasteiger partial charge >= 0.3 is 11.8 Å². The van der Waals surface area contributed by atoms with Crippen molar-refractivity contribution in [3.63, 3.8) is 0 Å². The lowest BCUT2D eigenvalue weighted by atomic mass is 9.99. The Balaban J connectivity index is 1.81. The molecule has 0 saturated heterocycles. The Morgan fingerprint density at radius 1 is 1.29 bits per heavy atom. The second kappa shape index (κ2) is 7.75. The second-order valence-corrected chi connectivity index (χ2v) is 8.33. The van der Waals surface area contributed by atoms with Crippen molar-refractivity contribution in [3.05, 3.63) is 56.2 Å². The Morgan fingerprint density at radius 3 is 2.71 bits per heavy atom. The summed E-state index contributed by atoms with van der Waals surface area (Å²) in [6.07, 6.45) is 0.380. The molecule has 1 aliphatic rings. The molecule has 0 atom stereocenters. The zero-order valence-corrected chi connectivity index (χ0v) is 17.4. The van der Waals surface area contributed by atoms with Gasteiger partial charge in [0, 0.05) is 24.8 Å². The molecular formula is C19H21BrN4O4. The first kappa shape index (κ1) is 20.1. The van der Waals surface area contributed by atoms with Crippen molar-refractivity contribution in [2.75, 3.05) is 11.9 Å². The average Bonchev–Trinajstić information content (AvgIpc) is 2.59. The molecule has 3 rings (SSSR count). The summed E-state index contributed by atoms with van der Waals surface area (Å²) in [6, 6.07) is 8.62. The highest BCUT2D eigenvalue weighted by Crippen LogP contribution is 2.30. The molecule has 2 aromatic rings. The minimum absolute atomic E-state index is 0.115. The van der Waals surface area contributed by atoms with Crippen LogP contribution in [0, 0.1) is 10.1 Å². The topological polar surface area (TPSA) is 97.6 Å². The number of aromatic nitrogens is 1. The number of halogens is 1. The number of benzene rings is 1. The van der Waals surface area contributed by atoms with Gasteiger partial charge in [0.1, 0.15) is 10.2 Å². The Kier molecular flexibility index (Phi) is 5.55. The Bertz CT molecular complexity index is 927. The quantitative estimate of drug-likeness (QED) is 0.411. The van der Waals surface area contributed by atoms with Gasteiger partial charge in [-0.05, 0) is 72.4 Å². The van der Waals surface area contributed by atoms with Crippen LogP contribution in [0.3, 0.4) is 0 Å². The third-order valence-electron chi connectivity index (χ3n) is 4.17. The predicted octanol–water partition coefficient (Wildman–Crippen LogP) is 4.79. The molecule has 0 spiro atoms. The number of nitrogens with one attached hydrogen (secondary N) is 1. The fourth-order valence-corrected chi connectivity index (χ4v) is 3.23. The molecule has 0 fully saturated rings. The first-order valence-electron chi connectivity index (χ1n) is 8.80. The second-order valence-electron chi connectivity index (χ2n) is 7.52. The van der Waals surface area contributed by atoms with Crippen molar-refractivity contribution in [2.45, 2.75) is 39.3 Å². The van der Waals surface area contributed by atoms with Crippen LogP contribution < -0.4 is 5.32 Å². The average molecular weight is 449 g/mol. The fourth-order valence-electron chi connectivity index (χ4n) is 2.92. The number of carbonyl (C=O) groups is 1. The van der Waals surface area contributed by atoms with Crippen molar-refractivity contribution < 1.29 is 14.5 Å². The van der Waals surface area contributed by atoms with Gasteiger partial charge in [-0.15, -0.1) is 0 Å². The zero-order valence-electron chi connectivity index (χ0n) is 15.9. The van der Waals surface area contributed by atoms with E-state index in [1.807, 2.05) is 39.0 Å². The van der Waals surface area contributed by atoms with Crippen molar-refractivity contribution in [1.82, 2.24) is 9.88 Å². The third kappa shape index (κ3) is 4.78. The Morgan fingerprint density at radius 2 is 2.04 bits per heavy atom. The van der Waals surface area contributed by atoms with Crippen molar-refractivity contribution >= 4 is 39.2 Å². The van der Waals surface area contributed by atoms with E-state index in [-0.39, 0.29) is 17.6 Å². The monoisotopic (exact) mass is 448 g/mol. The van der Waals surface area contributed by atoms with Gasteiger partial charge in [-0.3, -0.25) is 10.1 Å². The van der Waals surface area contributed by atoms with Crippen LogP contribution in [0.4, 0.5) is 22.0 Å². The minimum atomic E-state index is -0.550. The summed E-state index contributed by atoms with van der Waals surface area (Å²) in [6.45, 7) is 6.52. The number of hydrogen-bond donors (Lipinski definition) is 1. The van der Waals surface area contributed by atoms with E-state index in [2.05, 4.69) is 26.2 Å². The van der Waals surface area contributed by atoms with Crippen molar-refractivity contribution in [3.8, 4) is 0 Å². The third-order valence-corrected chi connectivity index (χ3v) is 4.61. The molecule has 8 nitrogen and oxygen atoms in total. The normalized spacial score (nSPS) is 13.6. The van der Waals surface area contributed by atoms with Gasteiger partial charge in [0.2, 0.25) is 5.82 Å². The van der Waals surface area contributed by atoms with E-state index in [1.165, 1.54) is 12.1 Å². The summed E-state index contributed by atoms with van der Waals surface area (Å²) >= 11 is 3.23. The fraction of sp³-hybridized carbons (Fsp3) is 0.368. The van der Waals surface area contributed by atoms with Crippen LogP contribution >= 0.6 is 15.9 Å². The molecule has 1 amide bonds. The molecule has 0 aliphatic carbocycles. The summed E-state index contributed by atoms with van der Waals surface area (Å²) in [5, 5.41) is 14.2. The predicted molar refractivity (Wildman–Crippen MR) is 109 cm³/mol. The largest absolute Gasteiger partial charge is 0.444 e. The number of anilines is 2. The lowest BCUT2D eigenvalue weighted by Crippen LogP contribution is -2.39. The number of ether oxygens (including phenoxy) is 1. The molecule has 2 heterocycles. The number of nitrogens with zero attached hydrogens (tertiary/aromatic N) is 3. The van der Waals surface area contributed by atoms with Gasteiger partial charge in [0.15, 0.2) is 0 Å². The van der Waals surface area contributed by atoms with Gasteiger partial charge < -0.3 is 15.0 Å². The first-order valence-corrected chi connectivity index (χ1v) is 9.59. The van der Waals surface area contributed by atoms with Crippen molar-refractivity contribution in [2.24, 2.45) is 0 Å². The summed E-state index contributed by atoms with van der Waals surface area (Å²) in [5.41, 5.74) is 2.11. The van der Waals surface area contributed by atoms with E-state index in [0.29, 0.717) is 23.4 Å². The van der Waals surface area contributed by atoms with E-state index in [0.717, 1.165) is 17.5 Å². The summed E-state index contributed by atoms with van der Waals surface area (Å²) in [7, 11) is 0. The van der Waals surface area contributed by atoms with E-state index in [1.54, 1.807) is 4.90 Å². The molecule has 148 valence electrons. The highest BCUT2D eigenvalue weighted by atomic mass is 79.9. The van der Waals surface area contributed by atoms with Crippen LogP contribution in [0.1, 0.15) is 31.9 Å². The Labute approximate surface area is 171 Å². The van der Waals surface area contributed by atoms with Crippen LogP contribution in [-0.2, 0) is 17.7 Å². The highest BCUT2D eigenvalue weighted by molar-refractivity contribution is 9.10. The van der Waals surface area contributed by atoms with E-state index in [9.17, 15) is 14.9 Å². The number of amides is 1. The molecule has 28 heavy (non-hydrogen) atoms. The van der Waals surface area contributed by atoms with Gasteiger partial charge in [0.05, 0.1) is 4.92 Å². The Hall–Kier alpha value is -2.68. The number of rotatable bonds is 3. The molecule has 0 radical (unpaired) electrons. The number of carbonyl (C=O) groups excluding carboxylic acids is 1. The van der Waals surface area contributed by atoms with Gasteiger partial charge in [-0.25, -0.2) is 9.78 Å². The van der Waals surface area contributed by atoms with Crippen LogP contribution in [-0.4, -0.2) is 33.0 Å². The SMILES string of the molecule is CC(C)(C)OC(=O)N1CCc2ccc(Nc3nc(Br)ccc3[N+](=O)[O-])cc2C1. The zero-order chi connectivity index (χ0) is 20.5. The molecule has 0 saturated carbocycles. The molecule has 1 aromatic heterocycles. The lowest BCUT2D eigenvalue weighted by molar-refractivity contribution is -0.384. The summed E-state index contributed by atoms with van der Waals surface area (Å²) in [5.74, 6) is 0.152. The van der Waals surface area contributed by atoms with Crippen LogP contribution in [0.15, 0.2) is 34.9 Å². The lowest BCUT2D eigenvalue weighted by Gasteiger charge is -2.31. The number of hydrogen-bond acceptors (Lipinski definition) is 6. The molecule has 1 N–H and O–H groups in total. The highest BCUT2D eigenvalue weighted by Gasteiger charge is 2.26. The number of nitro groups is 1. The van der Waals surface area contributed by atoms with E-state index in [4.69, 9.17) is 4.74 Å². The molecule has 1 aromatic carbocycles. The standard InChI is InChI=1S/C19H21BrN4O4/c1-19(2,3)28-18(25)23-9-8-12-4-5-14(10-13(12)11-23)21-17-15(24(26)27)6-7-16(20)22-17/h4-7,10H,8-9,11H2,1-3H3,(H,21,22). The van der Waals surface area contributed by atoms with E-state index >= 15 is 0 Å². The maximum atomic E-state index is 12.4. The van der Waals surface area contributed by atoms with Crippen LogP contribution in [0.25, 0.3) is 0 Å². The minimum Gasteiger partial charge on any atom is -0.444 e. The summed E-state index contributed by atoms with van der Waals surface area (Å²) < 4.78 is 5.95. The smallest absolute Gasteiger partial charge is 0.410 e. The van der Waals surface area contributed by atoms with E-state index < -0.39 is 10.5 Å². The van der Waals surface area contributed by atoms with Crippen molar-refractivity contribution in [1.29, 1.82) is 0 Å². The maximum absolute atomic E-state index is 12.4. The molecule has 0 bridgehead atoms. The van der Waals surface area contributed by atoms with Gasteiger partial charge in [-0.2, -0.15) is 0 Å². The molecule has 9 heteroatoms. The summed E-state index contributed by atoms with van der Waals surface area (Å²) in [4.78, 5) is 28.9. The van der Waals surface area contributed by atoms with Crippen LogP contribution in [0.5, 0.6) is 0 Å². The first-order chi connectivity index (χ1) is 13.1. The van der Waals surface area contributed by atoms with Crippen LogP contribution in [0.2, 0.25) is 0 Å². The molecule has 1 aliphatic heterocycles. The number of fused-ring (bicyclic) bond motifs is 1. The number of pyridine rings is 1. The maximum Gasteiger partial charge on any atom is 0.410 e. The molecular weight excluding hydrogens is 428 g/mol. The van der Waals surface area contributed by atoms with Gasteiger partial charge in [0.25, 0.3) is 0 Å². The van der Waals surface area contributed by atoms with Gasteiger partial charge in [-0.1, -0.05) is 6.07 Å². The molecule has 0 unspecified atom stereocenters.